The highest BCUT2D eigenvalue weighted by Crippen LogP contribution is 2.33. The van der Waals surface area contributed by atoms with Crippen molar-refractivity contribution in [2.24, 2.45) is 17.6 Å². The molecular formula is C14H31N3. The fourth-order valence-electron chi connectivity index (χ4n) is 2.90. The molecule has 0 saturated heterocycles. The van der Waals surface area contributed by atoms with Crippen molar-refractivity contribution in [3.63, 3.8) is 0 Å². The Hall–Kier alpha value is -0.120. The van der Waals surface area contributed by atoms with Crippen LogP contribution in [0, 0.1) is 11.8 Å². The van der Waals surface area contributed by atoms with Crippen molar-refractivity contribution in [1.82, 2.24) is 10.2 Å². The van der Waals surface area contributed by atoms with E-state index in [1.54, 1.807) is 0 Å². The third-order valence-corrected chi connectivity index (χ3v) is 4.59. The smallest absolute Gasteiger partial charge is 0.0327 e. The Bertz CT molecular complexity index is 208. The molecule has 0 spiro atoms. The summed E-state index contributed by atoms with van der Waals surface area (Å²) in [6, 6.07) is 0. The van der Waals surface area contributed by atoms with E-state index >= 15 is 0 Å². The normalized spacial score (nSPS) is 21.4. The highest BCUT2D eigenvalue weighted by atomic mass is 15.2. The van der Waals surface area contributed by atoms with E-state index in [1.807, 2.05) is 0 Å². The third kappa shape index (κ3) is 3.94. The van der Waals surface area contributed by atoms with Gasteiger partial charge < -0.3 is 16.0 Å². The zero-order valence-electron chi connectivity index (χ0n) is 12.1. The Balaban J connectivity index is 2.37. The lowest BCUT2D eigenvalue weighted by atomic mass is 9.93. The lowest BCUT2D eigenvalue weighted by Crippen LogP contribution is -2.50. The number of nitrogens with zero attached hydrogens (tertiary/aromatic N) is 1. The number of hydrogen-bond acceptors (Lipinski definition) is 3. The molecule has 1 unspecified atom stereocenters. The quantitative estimate of drug-likeness (QED) is 0.712. The molecule has 0 aromatic carbocycles. The molecule has 3 nitrogen and oxygen atoms in total. The maximum atomic E-state index is 5.81. The summed E-state index contributed by atoms with van der Waals surface area (Å²) >= 11 is 0. The average Bonchev–Trinajstić information content (AvgIpc) is 2.73. The first-order chi connectivity index (χ1) is 8.02. The van der Waals surface area contributed by atoms with Gasteiger partial charge in [0.1, 0.15) is 0 Å². The number of nitrogens with one attached hydrogen (secondary N) is 1. The zero-order valence-corrected chi connectivity index (χ0v) is 12.1. The van der Waals surface area contributed by atoms with Crippen LogP contribution in [0.3, 0.4) is 0 Å². The zero-order chi connectivity index (χ0) is 12.9. The standard InChI is InChI=1S/C14H31N3/c1-12(2)13(9-15)10-16-11-14(17(3)4)7-5-6-8-14/h12-13,16H,5-11,15H2,1-4H3. The summed E-state index contributed by atoms with van der Waals surface area (Å²) in [5.74, 6) is 1.28. The van der Waals surface area contributed by atoms with Crippen LogP contribution < -0.4 is 11.1 Å². The van der Waals surface area contributed by atoms with Gasteiger partial charge in [-0.2, -0.15) is 0 Å². The number of rotatable bonds is 7. The number of likely N-dealkylation sites (N-methyl/N-ethyl adjacent to an activating group) is 1. The summed E-state index contributed by atoms with van der Waals surface area (Å²) in [7, 11) is 4.44. The molecule has 17 heavy (non-hydrogen) atoms. The van der Waals surface area contributed by atoms with E-state index in [-0.39, 0.29) is 0 Å². The first kappa shape index (κ1) is 14.9. The van der Waals surface area contributed by atoms with Gasteiger partial charge in [0.15, 0.2) is 0 Å². The molecule has 3 heteroatoms. The Morgan fingerprint density at radius 1 is 1.24 bits per heavy atom. The minimum absolute atomic E-state index is 0.399. The molecule has 0 bridgehead atoms. The van der Waals surface area contributed by atoms with Crippen molar-refractivity contribution in [2.45, 2.75) is 45.1 Å². The minimum atomic E-state index is 0.399. The van der Waals surface area contributed by atoms with E-state index < -0.39 is 0 Å². The fraction of sp³-hybridized carbons (Fsp3) is 1.00. The van der Waals surface area contributed by atoms with Gasteiger partial charge in [-0.15, -0.1) is 0 Å². The van der Waals surface area contributed by atoms with Gasteiger partial charge in [0, 0.05) is 12.1 Å². The van der Waals surface area contributed by atoms with E-state index in [4.69, 9.17) is 5.73 Å². The molecule has 1 aliphatic rings. The number of nitrogens with two attached hydrogens (primary N) is 1. The van der Waals surface area contributed by atoms with E-state index in [2.05, 4.69) is 38.2 Å². The second-order valence-electron chi connectivity index (χ2n) is 6.20. The molecule has 1 saturated carbocycles. The molecule has 0 heterocycles. The molecule has 1 aliphatic carbocycles. The van der Waals surface area contributed by atoms with Crippen LogP contribution in [0.5, 0.6) is 0 Å². The van der Waals surface area contributed by atoms with Crippen LogP contribution in [0.15, 0.2) is 0 Å². The van der Waals surface area contributed by atoms with Gasteiger partial charge in [0.2, 0.25) is 0 Å². The van der Waals surface area contributed by atoms with Crippen molar-refractivity contribution in [2.75, 3.05) is 33.7 Å². The molecule has 0 radical (unpaired) electrons. The Morgan fingerprint density at radius 2 is 1.82 bits per heavy atom. The van der Waals surface area contributed by atoms with Crippen LogP contribution in [0.2, 0.25) is 0 Å². The fourth-order valence-corrected chi connectivity index (χ4v) is 2.90. The van der Waals surface area contributed by atoms with E-state index in [9.17, 15) is 0 Å². The Kier molecular flexibility index (Phi) is 5.90. The molecule has 1 atom stereocenters. The second kappa shape index (κ2) is 6.72. The predicted molar refractivity (Wildman–Crippen MR) is 75.1 cm³/mol. The maximum Gasteiger partial charge on any atom is 0.0327 e. The van der Waals surface area contributed by atoms with Crippen molar-refractivity contribution in [3.8, 4) is 0 Å². The largest absolute Gasteiger partial charge is 0.330 e. The van der Waals surface area contributed by atoms with Gasteiger partial charge in [-0.1, -0.05) is 26.7 Å². The summed E-state index contributed by atoms with van der Waals surface area (Å²) < 4.78 is 0. The summed E-state index contributed by atoms with van der Waals surface area (Å²) in [4.78, 5) is 2.42. The molecule has 0 aliphatic heterocycles. The highest BCUT2D eigenvalue weighted by Gasteiger charge is 2.35. The highest BCUT2D eigenvalue weighted by molar-refractivity contribution is 4.94. The van der Waals surface area contributed by atoms with Crippen LogP contribution in [0.25, 0.3) is 0 Å². The van der Waals surface area contributed by atoms with Gasteiger partial charge in [-0.25, -0.2) is 0 Å². The van der Waals surface area contributed by atoms with Crippen LogP contribution in [-0.2, 0) is 0 Å². The van der Waals surface area contributed by atoms with Crippen molar-refractivity contribution in [3.05, 3.63) is 0 Å². The molecule has 0 amide bonds. The first-order valence-electron chi connectivity index (χ1n) is 7.10. The molecule has 3 N–H and O–H groups in total. The SMILES string of the molecule is CC(C)C(CN)CNCC1(N(C)C)CCCC1. The van der Waals surface area contributed by atoms with E-state index in [0.717, 1.165) is 19.6 Å². The summed E-state index contributed by atoms with van der Waals surface area (Å²) in [5, 5.41) is 3.66. The van der Waals surface area contributed by atoms with Crippen LogP contribution >= 0.6 is 0 Å². The van der Waals surface area contributed by atoms with Gasteiger partial charge >= 0.3 is 0 Å². The van der Waals surface area contributed by atoms with Gasteiger partial charge in [0.05, 0.1) is 0 Å². The van der Waals surface area contributed by atoms with Crippen LogP contribution in [0.4, 0.5) is 0 Å². The number of hydrogen-bond donors (Lipinski definition) is 2. The van der Waals surface area contributed by atoms with Crippen LogP contribution in [-0.4, -0.2) is 44.2 Å². The molecule has 1 rings (SSSR count). The van der Waals surface area contributed by atoms with E-state index in [1.165, 1.54) is 25.7 Å². The minimum Gasteiger partial charge on any atom is -0.330 e. The van der Waals surface area contributed by atoms with Crippen LogP contribution in [0.1, 0.15) is 39.5 Å². The third-order valence-electron chi connectivity index (χ3n) is 4.59. The van der Waals surface area contributed by atoms with Crippen molar-refractivity contribution >= 4 is 0 Å². The lowest BCUT2D eigenvalue weighted by molar-refractivity contribution is 0.150. The molecule has 1 fully saturated rings. The van der Waals surface area contributed by atoms with Crippen molar-refractivity contribution < 1.29 is 0 Å². The summed E-state index contributed by atoms with van der Waals surface area (Å²) in [5.41, 5.74) is 6.21. The summed E-state index contributed by atoms with van der Waals surface area (Å²) in [6.45, 7) is 7.49. The van der Waals surface area contributed by atoms with Crippen molar-refractivity contribution in [1.29, 1.82) is 0 Å². The molecule has 102 valence electrons. The van der Waals surface area contributed by atoms with Gasteiger partial charge in [-0.05, 0) is 51.9 Å². The monoisotopic (exact) mass is 241 g/mol. The topological polar surface area (TPSA) is 41.3 Å². The Labute approximate surface area is 107 Å². The van der Waals surface area contributed by atoms with Gasteiger partial charge in [-0.3, -0.25) is 0 Å². The molecule has 0 aromatic rings. The second-order valence-corrected chi connectivity index (χ2v) is 6.20. The predicted octanol–water partition coefficient (Wildman–Crippen LogP) is 1.68. The maximum absolute atomic E-state index is 5.81. The van der Waals surface area contributed by atoms with Gasteiger partial charge in [0.25, 0.3) is 0 Å². The molecular weight excluding hydrogens is 210 g/mol. The Morgan fingerprint density at radius 3 is 2.24 bits per heavy atom. The molecule has 0 aromatic heterocycles. The average molecular weight is 241 g/mol. The van der Waals surface area contributed by atoms with E-state index in [0.29, 0.717) is 17.4 Å². The summed E-state index contributed by atoms with van der Waals surface area (Å²) in [6.07, 6.45) is 5.43. The first-order valence-corrected chi connectivity index (χ1v) is 7.10. The lowest BCUT2D eigenvalue weighted by Gasteiger charge is -2.37.